The molecular weight excluding hydrogens is 280 g/mol. The number of aromatic carboxylic acids is 1. The van der Waals surface area contributed by atoms with Crippen molar-refractivity contribution < 1.29 is 14.7 Å². The molecule has 1 aromatic carbocycles. The van der Waals surface area contributed by atoms with Gasteiger partial charge in [-0.05, 0) is 39.0 Å². The highest BCUT2D eigenvalue weighted by Crippen LogP contribution is 2.26. The average molecular weight is 299 g/mol. The van der Waals surface area contributed by atoms with Gasteiger partial charge in [0.05, 0.1) is 22.8 Å². The fourth-order valence-electron chi connectivity index (χ4n) is 1.80. The van der Waals surface area contributed by atoms with Crippen LogP contribution in [0, 0.1) is 0 Å². The summed E-state index contributed by atoms with van der Waals surface area (Å²) in [6.45, 7) is 6.47. The smallest absolute Gasteiger partial charge is 0.335 e. The second kappa shape index (κ2) is 7.14. The molecule has 0 heterocycles. The maximum absolute atomic E-state index is 11.8. The van der Waals surface area contributed by atoms with Gasteiger partial charge >= 0.3 is 5.97 Å². The summed E-state index contributed by atoms with van der Waals surface area (Å²) in [5, 5.41) is 12.0. The highest BCUT2D eigenvalue weighted by atomic mass is 35.5. The molecule has 1 aromatic rings. The molecule has 0 aliphatic carbocycles. The van der Waals surface area contributed by atoms with Crippen molar-refractivity contribution in [3.8, 4) is 0 Å². The Labute approximate surface area is 123 Å². The summed E-state index contributed by atoms with van der Waals surface area (Å²) in [5.74, 6) is -1.13. The summed E-state index contributed by atoms with van der Waals surface area (Å²) >= 11 is 6.10. The van der Waals surface area contributed by atoms with E-state index < -0.39 is 5.97 Å². The van der Waals surface area contributed by atoms with E-state index in [2.05, 4.69) is 5.32 Å². The standard InChI is InChI=1S/C14H19ClN2O3/c1-4-17(8-13(18)16-9(2)3)12-6-5-10(14(19)20)7-11(12)15/h5-7,9H,4,8H2,1-3H3,(H,16,18)(H,19,20). The molecule has 2 N–H and O–H groups in total. The van der Waals surface area contributed by atoms with Crippen LogP contribution in [0.1, 0.15) is 31.1 Å². The van der Waals surface area contributed by atoms with Gasteiger partial charge in [0.15, 0.2) is 0 Å². The summed E-state index contributed by atoms with van der Waals surface area (Å²) in [6.07, 6.45) is 0. The number of carboxylic acid groups (broad SMARTS) is 1. The minimum absolute atomic E-state index is 0.0751. The Balaban J connectivity index is 2.90. The first-order valence-electron chi connectivity index (χ1n) is 6.42. The lowest BCUT2D eigenvalue weighted by Crippen LogP contribution is -2.40. The third-order valence-electron chi connectivity index (χ3n) is 2.70. The second-order valence-electron chi connectivity index (χ2n) is 4.71. The van der Waals surface area contributed by atoms with Crippen molar-refractivity contribution in [1.82, 2.24) is 5.32 Å². The van der Waals surface area contributed by atoms with Crippen molar-refractivity contribution in [3.05, 3.63) is 28.8 Å². The molecule has 0 atom stereocenters. The van der Waals surface area contributed by atoms with E-state index in [4.69, 9.17) is 16.7 Å². The van der Waals surface area contributed by atoms with Gasteiger partial charge < -0.3 is 15.3 Å². The molecule has 0 aliphatic rings. The number of carbonyl (C=O) groups is 2. The number of nitrogens with one attached hydrogen (secondary N) is 1. The summed E-state index contributed by atoms with van der Waals surface area (Å²) in [6, 6.07) is 4.57. The van der Waals surface area contributed by atoms with Crippen molar-refractivity contribution >= 4 is 29.2 Å². The van der Waals surface area contributed by atoms with E-state index in [1.807, 2.05) is 20.8 Å². The fraction of sp³-hybridized carbons (Fsp3) is 0.429. The van der Waals surface area contributed by atoms with Crippen molar-refractivity contribution in [1.29, 1.82) is 0 Å². The number of hydrogen-bond acceptors (Lipinski definition) is 3. The maximum Gasteiger partial charge on any atom is 0.335 e. The van der Waals surface area contributed by atoms with Gasteiger partial charge in [-0.25, -0.2) is 4.79 Å². The highest BCUT2D eigenvalue weighted by Gasteiger charge is 2.15. The minimum atomic E-state index is -1.03. The van der Waals surface area contributed by atoms with Crippen LogP contribution in [0.5, 0.6) is 0 Å². The normalized spacial score (nSPS) is 10.4. The van der Waals surface area contributed by atoms with E-state index in [0.29, 0.717) is 17.3 Å². The predicted octanol–water partition coefficient (Wildman–Crippen LogP) is 2.39. The number of likely N-dealkylation sites (N-methyl/N-ethyl adjacent to an activating group) is 1. The zero-order valence-electron chi connectivity index (χ0n) is 11.8. The van der Waals surface area contributed by atoms with E-state index >= 15 is 0 Å². The molecule has 0 saturated carbocycles. The number of halogens is 1. The van der Waals surface area contributed by atoms with Crippen LogP contribution < -0.4 is 10.2 Å². The lowest BCUT2D eigenvalue weighted by Gasteiger charge is -2.24. The first-order valence-corrected chi connectivity index (χ1v) is 6.80. The number of rotatable bonds is 6. The molecule has 0 bridgehead atoms. The molecule has 110 valence electrons. The zero-order valence-corrected chi connectivity index (χ0v) is 12.6. The fourth-order valence-corrected chi connectivity index (χ4v) is 2.10. The molecule has 0 saturated heterocycles. The number of benzene rings is 1. The molecule has 0 aliphatic heterocycles. The molecule has 6 heteroatoms. The lowest BCUT2D eigenvalue weighted by molar-refractivity contribution is -0.120. The van der Waals surface area contributed by atoms with Crippen LogP contribution in [0.2, 0.25) is 5.02 Å². The highest BCUT2D eigenvalue weighted by molar-refractivity contribution is 6.33. The van der Waals surface area contributed by atoms with Gasteiger partial charge in [0.25, 0.3) is 0 Å². The van der Waals surface area contributed by atoms with Crippen molar-refractivity contribution in [2.75, 3.05) is 18.0 Å². The summed E-state index contributed by atoms with van der Waals surface area (Å²) in [5.41, 5.74) is 0.777. The Bertz CT molecular complexity index is 503. The van der Waals surface area contributed by atoms with Crippen LogP contribution in [0.15, 0.2) is 18.2 Å². The molecule has 0 unspecified atom stereocenters. The third-order valence-corrected chi connectivity index (χ3v) is 3.00. The van der Waals surface area contributed by atoms with Gasteiger partial charge in [-0.1, -0.05) is 11.6 Å². The van der Waals surface area contributed by atoms with Crippen LogP contribution in [-0.4, -0.2) is 36.1 Å². The molecular formula is C14H19ClN2O3. The monoisotopic (exact) mass is 298 g/mol. The second-order valence-corrected chi connectivity index (χ2v) is 5.11. The van der Waals surface area contributed by atoms with Gasteiger partial charge in [0, 0.05) is 12.6 Å². The Morgan fingerprint density at radius 2 is 2.05 bits per heavy atom. The van der Waals surface area contributed by atoms with E-state index in [9.17, 15) is 9.59 Å². The molecule has 5 nitrogen and oxygen atoms in total. The lowest BCUT2D eigenvalue weighted by atomic mass is 10.2. The Morgan fingerprint density at radius 1 is 1.40 bits per heavy atom. The average Bonchev–Trinajstić information content (AvgIpc) is 2.35. The Kier molecular flexibility index (Phi) is 5.82. The van der Waals surface area contributed by atoms with E-state index in [0.717, 1.165) is 0 Å². The van der Waals surface area contributed by atoms with E-state index in [1.54, 1.807) is 11.0 Å². The van der Waals surface area contributed by atoms with Crippen LogP contribution >= 0.6 is 11.6 Å². The van der Waals surface area contributed by atoms with Crippen LogP contribution in [-0.2, 0) is 4.79 Å². The number of carboxylic acids is 1. The van der Waals surface area contributed by atoms with Gasteiger partial charge in [-0.2, -0.15) is 0 Å². The predicted molar refractivity (Wildman–Crippen MR) is 79.6 cm³/mol. The van der Waals surface area contributed by atoms with E-state index in [-0.39, 0.29) is 24.1 Å². The quantitative estimate of drug-likeness (QED) is 0.846. The molecule has 1 rings (SSSR count). The minimum Gasteiger partial charge on any atom is -0.478 e. The van der Waals surface area contributed by atoms with Crippen LogP contribution in [0.4, 0.5) is 5.69 Å². The molecule has 0 aromatic heterocycles. The SMILES string of the molecule is CCN(CC(=O)NC(C)C)c1ccc(C(=O)O)cc1Cl. The van der Waals surface area contributed by atoms with Crippen LogP contribution in [0.25, 0.3) is 0 Å². The van der Waals surface area contributed by atoms with Crippen molar-refractivity contribution in [2.45, 2.75) is 26.8 Å². The number of anilines is 1. The topological polar surface area (TPSA) is 69.6 Å². The van der Waals surface area contributed by atoms with Crippen molar-refractivity contribution in [3.63, 3.8) is 0 Å². The third kappa shape index (κ3) is 4.42. The number of hydrogen-bond donors (Lipinski definition) is 2. The maximum atomic E-state index is 11.8. The van der Waals surface area contributed by atoms with Gasteiger partial charge in [0.2, 0.25) is 5.91 Å². The molecule has 0 spiro atoms. The molecule has 20 heavy (non-hydrogen) atoms. The Hall–Kier alpha value is -1.75. The zero-order chi connectivity index (χ0) is 15.3. The van der Waals surface area contributed by atoms with Gasteiger partial charge in [-0.3, -0.25) is 4.79 Å². The van der Waals surface area contributed by atoms with Gasteiger partial charge in [-0.15, -0.1) is 0 Å². The summed E-state index contributed by atoms with van der Waals surface area (Å²) in [4.78, 5) is 24.5. The van der Waals surface area contributed by atoms with E-state index in [1.165, 1.54) is 12.1 Å². The molecule has 0 radical (unpaired) electrons. The summed E-state index contributed by atoms with van der Waals surface area (Å²) < 4.78 is 0. The number of amides is 1. The molecule has 0 fully saturated rings. The number of nitrogens with zero attached hydrogens (tertiary/aromatic N) is 1. The first-order chi connectivity index (χ1) is 9.35. The first kappa shape index (κ1) is 16.3. The van der Waals surface area contributed by atoms with Gasteiger partial charge in [0.1, 0.15) is 0 Å². The van der Waals surface area contributed by atoms with Crippen molar-refractivity contribution in [2.24, 2.45) is 0 Å². The number of carbonyl (C=O) groups excluding carboxylic acids is 1. The largest absolute Gasteiger partial charge is 0.478 e. The summed E-state index contributed by atoms with van der Waals surface area (Å²) in [7, 11) is 0. The molecule has 1 amide bonds. The Morgan fingerprint density at radius 3 is 2.50 bits per heavy atom. The van der Waals surface area contributed by atoms with Crippen LogP contribution in [0.3, 0.4) is 0 Å².